The van der Waals surface area contributed by atoms with E-state index >= 15 is 0 Å². The van der Waals surface area contributed by atoms with Gasteiger partial charge in [-0.25, -0.2) is 0 Å². The number of hydrogen-bond donors (Lipinski definition) is 2. The molecule has 4 aromatic rings. The average Bonchev–Trinajstić information content (AvgIpc) is 3.42. The Balaban J connectivity index is 1.46. The number of rotatable bonds is 6. The van der Waals surface area contributed by atoms with Crippen molar-refractivity contribution in [2.24, 2.45) is 0 Å². The first kappa shape index (κ1) is 22.8. The highest BCUT2D eigenvalue weighted by atomic mass is 35.5. The van der Waals surface area contributed by atoms with E-state index in [0.29, 0.717) is 21.3 Å². The summed E-state index contributed by atoms with van der Waals surface area (Å²) in [4.78, 5) is 26.2. The highest BCUT2D eigenvalue weighted by Gasteiger charge is 2.20. The van der Waals surface area contributed by atoms with Crippen molar-refractivity contribution in [3.63, 3.8) is 0 Å². The molecule has 1 unspecified atom stereocenters. The second-order valence-corrected chi connectivity index (χ2v) is 9.04. The molecule has 1 atom stereocenters. The van der Waals surface area contributed by atoms with Crippen molar-refractivity contribution in [1.82, 2.24) is 9.78 Å². The zero-order valence-corrected chi connectivity index (χ0v) is 20.0. The van der Waals surface area contributed by atoms with Crippen molar-refractivity contribution in [1.29, 1.82) is 0 Å². The minimum Gasteiger partial charge on any atom is -0.323 e. The van der Waals surface area contributed by atoms with Gasteiger partial charge in [-0.3, -0.25) is 14.3 Å². The molecule has 0 aliphatic heterocycles. The van der Waals surface area contributed by atoms with Crippen LogP contribution in [0.1, 0.15) is 34.0 Å². The number of carbonyl (C=O) groups is 2. The number of hydrogen-bond acceptors (Lipinski definition) is 4. The summed E-state index contributed by atoms with van der Waals surface area (Å²) < 4.78 is 1.68. The van der Waals surface area contributed by atoms with Gasteiger partial charge in [-0.15, -0.1) is 11.3 Å². The molecule has 8 heteroatoms. The summed E-state index contributed by atoms with van der Waals surface area (Å²) in [6.45, 7) is 5.57. The van der Waals surface area contributed by atoms with E-state index in [0.717, 1.165) is 22.5 Å². The lowest BCUT2D eigenvalue weighted by Gasteiger charge is -2.16. The molecule has 0 saturated carbocycles. The molecular formula is C25H23ClN4O2S. The van der Waals surface area contributed by atoms with Gasteiger partial charge in [-0.05, 0) is 62.0 Å². The normalized spacial score (nSPS) is 11.8. The molecule has 33 heavy (non-hydrogen) atoms. The van der Waals surface area contributed by atoms with Crippen LogP contribution in [0.4, 0.5) is 11.4 Å². The van der Waals surface area contributed by atoms with Crippen molar-refractivity contribution < 1.29 is 9.59 Å². The molecule has 0 fully saturated rings. The van der Waals surface area contributed by atoms with Gasteiger partial charge >= 0.3 is 0 Å². The highest BCUT2D eigenvalue weighted by molar-refractivity contribution is 7.12. The third-order valence-corrected chi connectivity index (χ3v) is 6.46. The lowest BCUT2D eigenvalue weighted by molar-refractivity contribution is -0.119. The first-order valence-electron chi connectivity index (χ1n) is 10.4. The van der Waals surface area contributed by atoms with Gasteiger partial charge in [0.1, 0.15) is 6.04 Å². The van der Waals surface area contributed by atoms with Gasteiger partial charge in [0.15, 0.2) is 0 Å². The largest absolute Gasteiger partial charge is 0.323 e. The molecule has 168 valence electrons. The van der Waals surface area contributed by atoms with Gasteiger partial charge in [-0.1, -0.05) is 41.9 Å². The number of thiophene rings is 1. The van der Waals surface area contributed by atoms with Crippen LogP contribution >= 0.6 is 22.9 Å². The molecule has 0 radical (unpaired) electrons. The maximum Gasteiger partial charge on any atom is 0.266 e. The van der Waals surface area contributed by atoms with Gasteiger partial charge in [0, 0.05) is 16.9 Å². The minimum absolute atomic E-state index is 0.213. The smallest absolute Gasteiger partial charge is 0.266 e. The molecule has 2 heterocycles. The number of aromatic nitrogens is 2. The van der Waals surface area contributed by atoms with Crippen LogP contribution in [0, 0.1) is 13.8 Å². The monoisotopic (exact) mass is 478 g/mol. The van der Waals surface area contributed by atoms with Gasteiger partial charge in [0.2, 0.25) is 5.91 Å². The summed E-state index contributed by atoms with van der Waals surface area (Å²) in [5.74, 6) is -0.444. The Labute approximate surface area is 201 Å². The third kappa shape index (κ3) is 4.99. The number of benzene rings is 2. The fraction of sp³-hybridized carbons (Fsp3) is 0.160. The zero-order chi connectivity index (χ0) is 23.5. The van der Waals surface area contributed by atoms with Crippen molar-refractivity contribution in [2.45, 2.75) is 26.8 Å². The minimum atomic E-state index is -0.496. The van der Waals surface area contributed by atoms with Gasteiger partial charge in [-0.2, -0.15) is 5.10 Å². The fourth-order valence-electron chi connectivity index (χ4n) is 3.60. The number of amides is 2. The van der Waals surface area contributed by atoms with E-state index in [-0.39, 0.29) is 11.8 Å². The van der Waals surface area contributed by atoms with E-state index in [9.17, 15) is 9.59 Å². The van der Waals surface area contributed by atoms with Crippen LogP contribution < -0.4 is 10.6 Å². The Bertz CT molecular complexity index is 1310. The molecule has 0 bridgehead atoms. The topological polar surface area (TPSA) is 76.0 Å². The van der Waals surface area contributed by atoms with E-state index in [2.05, 4.69) is 15.7 Å². The number of anilines is 2. The average molecular weight is 479 g/mol. The maximum absolute atomic E-state index is 12.9. The van der Waals surface area contributed by atoms with E-state index < -0.39 is 6.04 Å². The quantitative estimate of drug-likeness (QED) is 0.339. The molecule has 4 rings (SSSR count). The summed E-state index contributed by atoms with van der Waals surface area (Å²) in [6.07, 6.45) is 0. The van der Waals surface area contributed by atoms with Crippen molar-refractivity contribution in [2.75, 3.05) is 10.6 Å². The summed E-state index contributed by atoms with van der Waals surface area (Å²) in [7, 11) is 0. The molecule has 2 N–H and O–H groups in total. The van der Waals surface area contributed by atoms with Crippen molar-refractivity contribution in [3.8, 4) is 11.1 Å². The summed E-state index contributed by atoms with van der Waals surface area (Å²) in [6, 6.07) is 18.1. The molecule has 0 aliphatic carbocycles. The molecular weight excluding hydrogens is 456 g/mol. The standard InChI is InChI=1S/C25H23ClN4O2S/c1-15-13-16(2)30(29-15)17(3)24(31)28-22-10-9-19(14-21(22)26)27-25(32)23-20(11-12-33-23)18-7-5-4-6-8-18/h4-14,17H,1-3H3,(H,27,32)(H,28,31). The van der Waals surface area contributed by atoms with E-state index in [1.807, 2.05) is 61.7 Å². The van der Waals surface area contributed by atoms with Crippen LogP contribution in [-0.4, -0.2) is 21.6 Å². The van der Waals surface area contributed by atoms with Crippen LogP contribution in [0.2, 0.25) is 5.02 Å². The third-order valence-electron chi connectivity index (χ3n) is 5.23. The maximum atomic E-state index is 12.9. The molecule has 2 amide bonds. The number of carbonyl (C=O) groups excluding carboxylic acids is 2. The lowest BCUT2D eigenvalue weighted by Crippen LogP contribution is -2.25. The lowest BCUT2D eigenvalue weighted by atomic mass is 10.1. The van der Waals surface area contributed by atoms with E-state index in [4.69, 9.17) is 11.6 Å². The van der Waals surface area contributed by atoms with Gasteiger partial charge < -0.3 is 10.6 Å². The SMILES string of the molecule is Cc1cc(C)n(C(C)C(=O)Nc2ccc(NC(=O)c3sccc3-c3ccccc3)cc2Cl)n1. The molecule has 0 saturated heterocycles. The van der Waals surface area contributed by atoms with Crippen LogP contribution in [-0.2, 0) is 4.79 Å². The first-order valence-corrected chi connectivity index (χ1v) is 11.7. The van der Waals surface area contributed by atoms with E-state index in [1.165, 1.54) is 11.3 Å². The van der Waals surface area contributed by atoms with Crippen LogP contribution in [0.3, 0.4) is 0 Å². The molecule has 0 aliphatic rings. The summed E-state index contributed by atoms with van der Waals surface area (Å²) in [5.41, 5.74) is 4.63. The van der Waals surface area contributed by atoms with Crippen molar-refractivity contribution >= 4 is 46.1 Å². The van der Waals surface area contributed by atoms with Crippen LogP contribution in [0.15, 0.2) is 66.0 Å². The van der Waals surface area contributed by atoms with E-state index in [1.54, 1.807) is 29.8 Å². The first-order chi connectivity index (χ1) is 15.8. The zero-order valence-electron chi connectivity index (χ0n) is 18.4. The molecule has 2 aromatic heterocycles. The number of aryl methyl sites for hydroxylation is 2. The predicted molar refractivity (Wildman–Crippen MR) is 134 cm³/mol. The summed E-state index contributed by atoms with van der Waals surface area (Å²) in [5, 5.41) is 12.3. The Kier molecular flexibility index (Phi) is 6.62. The summed E-state index contributed by atoms with van der Waals surface area (Å²) >= 11 is 7.79. The van der Waals surface area contributed by atoms with Crippen LogP contribution in [0.5, 0.6) is 0 Å². The van der Waals surface area contributed by atoms with Gasteiger partial charge in [0.25, 0.3) is 5.91 Å². The Morgan fingerprint density at radius 3 is 2.45 bits per heavy atom. The molecule has 0 spiro atoms. The van der Waals surface area contributed by atoms with Crippen molar-refractivity contribution in [3.05, 3.63) is 87.3 Å². The number of nitrogens with zero attached hydrogens (tertiary/aromatic N) is 2. The number of halogens is 1. The number of nitrogens with one attached hydrogen (secondary N) is 2. The predicted octanol–water partition coefficient (Wildman–Crippen LogP) is 6.33. The highest BCUT2D eigenvalue weighted by Crippen LogP contribution is 2.30. The van der Waals surface area contributed by atoms with Gasteiger partial charge in [0.05, 0.1) is 21.3 Å². The second kappa shape index (κ2) is 9.60. The molecule has 6 nitrogen and oxygen atoms in total. The Morgan fingerprint density at radius 2 is 1.79 bits per heavy atom. The Hall–Kier alpha value is -3.42. The molecule has 2 aromatic carbocycles. The fourth-order valence-corrected chi connectivity index (χ4v) is 4.64. The second-order valence-electron chi connectivity index (χ2n) is 7.72. The Morgan fingerprint density at radius 1 is 1.03 bits per heavy atom. The van der Waals surface area contributed by atoms with Crippen LogP contribution in [0.25, 0.3) is 11.1 Å².